The monoisotopic (exact) mass is 292 g/mol. The summed E-state index contributed by atoms with van der Waals surface area (Å²) in [5.41, 5.74) is 0. The van der Waals surface area contributed by atoms with Crippen LogP contribution in [0.5, 0.6) is 0 Å². The fraction of sp³-hybridized carbons (Fsp3) is 0.882. The van der Waals surface area contributed by atoms with Crippen LogP contribution in [0.1, 0.15) is 53.4 Å². The number of carbonyl (C=O) groups is 2. The van der Waals surface area contributed by atoms with Gasteiger partial charge in [-0.2, -0.15) is 0 Å². The van der Waals surface area contributed by atoms with Crippen molar-refractivity contribution in [3.63, 3.8) is 0 Å². The van der Waals surface area contributed by atoms with Gasteiger partial charge in [-0.25, -0.2) is 0 Å². The van der Waals surface area contributed by atoms with E-state index in [4.69, 9.17) is 0 Å². The number of carbonyl (C=O) groups excluding carboxylic acids is 2. The third kappa shape index (κ3) is 2.36. The zero-order chi connectivity index (χ0) is 15.3. The van der Waals surface area contributed by atoms with Crippen molar-refractivity contribution in [2.75, 3.05) is 0 Å². The summed E-state index contributed by atoms with van der Waals surface area (Å²) < 4.78 is 0. The van der Waals surface area contributed by atoms with Crippen molar-refractivity contribution in [2.45, 2.75) is 71.5 Å². The van der Waals surface area contributed by atoms with Crippen LogP contribution in [0.4, 0.5) is 0 Å². The third-order valence-electron chi connectivity index (χ3n) is 5.74. The van der Waals surface area contributed by atoms with Crippen LogP contribution >= 0.6 is 0 Å². The zero-order valence-corrected chi connectivity index (χ0v) is 13.6. The third-order valence-corrected chi connectivity index (χ3v) is 5.74. The molecule has 3 fully saturated rings. The standard InChI is InChI=1S/C17H28N2O2/c1-9(2)14-17(21)19(15(10(3)4)16(20)18-14)13-8-11-5-6-12(13)7-11/h9-15H,5-8H2,1-4H3,(H,18,20). The lowest BCUT2D eigenvalue weighted by Crippen LogP contribution is -2.68. The van der Waals surface area contributed by atoms with Gasteiger partial charge in [0.2, 0.25) is 11.8 Å². The summed E-state index contributed by atoms with van der Waals surface area (Å²) >= 11 is 0. The van der Waals surface area contributed by atoms with Gasteiger partial charge in [0.05, 0.1) is 0 Å². The highest BCUT2D eigenvalue weighted by molar-refractivity contribution is 5.97. The van der Waals surface area contributed by atoms with Gasteiger partial charge in [-0.05, 0) is 42.9 Å². The molecule has 4 heteroatoms. The van der Waals surface area contributed by atoms with Gasteiger partial charge in [0.15, 0.2) is 0 Å². The number of nitrogens with zero attached hydrogens (tertiary/aromatic N) is 1. The Kier molecular flexibility index (Phi) is 3.74. The van der Waals surface area contributed by atoms with E-state index in [9.17, 15) is 9.59 Å². The van der Waals surface area contributed by atoms with Gasteiger partial charge < -0.3 is 10.2 Å². The maximum Gasteiger partial charge on any atom is 0.246 e. The average Bonchev–Trinajstić information content (AvgIpc) is 3.01. The molecule has 2 aliphatic carbocycles. The molecule has 1 aliphatic heterocycles. The molecule has 118 valence electrons. The Hall–Kier alpha value is -1.06. The van der Waals surface area contributed by atoms with E-state index >= 15 is 0 Å². The molecule has 4 nitrogen and oxygen atoms in total. The Morgan fingerprint density at radius 2 is 1.76 bits per heavy atom. The summed E-state index contributed by atoms with van der Waals surface area (Å²) in [5.74, 6) is 1.92. The van der Waals surface area contributed by atoms with E-state index in [-0.39, 0.29) is 35.7 Å². The first-order valence-corrected chi connectivity index (χ1v) is 8.52. The molecule has 2 saturated carbocycles. The number of rotatable bonds is 3. The minimum absolute atomic E-state index is 0.0473. The van der Waals surface area contributed by atoms with Crippen LogP contribution in [0.2, 0.25) is 0 Å². The van der Waals surface area contributed by atoms with Crippen LogP contribution in [0.25, 0.3) is 0 Å². The second-order valence-electron chi connectivity index (χ2n) is 7.91. The summed E-state index contributed by atoms with van der Waals surface area (Å²) in [5, 5.41) is 2.96. The lowest BCUT2D eigenvalue weighted by atomic mass is 9.86. The molecule has 5 atom stereocenters. The van der Waals surface area contributed by atoms with Crippen molar-refractivity contribution < 1.29 is 9.59 Å². The highest BCUT2D eigenvalue weighted by Gasteiger charge is 2.51. The molecule has 3 aliphatic rings. The van der Waals surface area contributed by atoms with E-state index in [0.717, 1.165) is 12.3 Å². The second kappa shape index (κ2) is 5.29. The summed E-state index contributed by atoms with van der Waals surface area (Å²) in [4.78, 5) is 27.6. The molecule has 0 radical (unpaired) electrons. The Morgan fingerprint density at radius 3 is 2.24 bits per heavy atom. The van der Waals surface area contributed by atoms with Crippen LogP contribution in [0, 0.1) is 23.7 Å². The summed E-state index contributed by atoms with van der Waals surface area (Å²) in [6.45, 7) is 8.12. The fourth-order valence-corrected chi connectivity index (χ4v) is 4.72. The van der Waals surface area contributed by atoms with Gasteiger partial charge in [0.1, 0.15) is 12.1 Å². The highest BCUT2D eigenvalue weighted by atomic mass is 16.2. The van der Waals surface area contributed by atoms with Crippen molar-refractivity contribution in [3.05, 3.63) is 0 Å². The Labute approximate surface area is 127 Å². The van der Waals surface area contributed by atoms with Crippen molar-refractivity contribution in [1.29, 1.82) is 0 Å². The first-order chi connectivity index (χ1) is 9.90. The number of hydrogen-bond donors (Lipinski definition) is 1. The fourth-order valence-electron chi connectivity index (χ4n) is 4.72. The first kappa shape index (κ1) is 14.9. The smallest absolute Gasteiger partial charge is 0.246 e. The number of hydrogen-bond acceptors (Lipinski definition) is 2. The van der Waals surface area contributed by atoms with Crippen molar-refractivity contribution in [2.24, 2.45) is 23.7 Å². The molecular formula is C17H28N2O2. The van der Waals surface area contributed by atoms with Crippen LogP contribution < -0.4 is 5.32 Å². The SMILES string of the molecule is CC(C)C1NC(=O)C(C(C)C)N(C2CC3CCC2C3)C1=O. The number of fused-ring (bicyclic) bond motifs is 2. The van der Waals surface area contributed by atoms with Crippen molar-refractivity contribution >= 4 is 11.8 Å². The van der Waals surface area contributed by atoms with Gasteiger partial charge in [0.25, 0.3) is 0 Å². The Balaban J connectivity index is 1.91. The summed E-state index contributed by atoms with van der Waals surface area (Å²) in [6.07, 6.45) is 4.91. The van der Waals surface area contributed by atoms with Crippen LogP contribution in [-0.2, 0) is 9.59 Å². The molecule has 5 unspecified atom stereocenters. The predicted octanol–water partition coefficient (Wildman–Crippen LogP) is 2.18. The molecule has 1 heterocycles. The quantitative estimate of drug-likeness (QED) is 0.867. The molecule has 2 amide bonds. The molecule has 2 bridgehead atoms. The summed E-state index contributed by atoms with van der Waals surface area (Å²) in [7, 11) is 0. The molecular weight excluding hydrogens is 264 g/mol. The van der Waals surface area contributed by atoms with E-state index in [1.165, 1.54) is 19.3 Å². The average molecular weight is 292 g/mol. The van der Waals surface area contributed by atoms with Gasteiger partial charge >= 0.3 is 0 Å². The normalized spacial score (nSPS) is 39.5. The topological polar surface area (TPSA) is 49.4 Å². The van der Waals surface area contributed by atoms with Gasteiger partial charge in [-0.15, -0.1) is 0 Å². The Morgan fingerprint density at radius 1 is 1.05 bits per heavy atom. The largest absolute Gasteiger partial charge is 0.342 e. The van der Waals surface area contributed by atoms with E-state index in [2.05, 4.69) is 5.32 Å². The highest BCUT2D eigenvalue weighted by Crippen LogP contribution is 2.48. The minimum Gasteiger partial charge on any atom is -0.342 e. The van der Waals surface area contributed by atoms with E-state index < -0.39 is 0 Å². The van der Waals surface area contributed by atoms with E-state index in [0.29, 0.717) is 12.0 Å². The maximum atomic E-state index is 13.0. The molecule has 0 aromatic rings. The lowest BCUT2D eigenvalue weighted by Gasteiger charge is -2.47. The molecule has 0 aromatic heterocycles. The molecule has 1 N–H and O–H groups in total. The molecule has 21 heavy (non-hydrogen) atoms. The lowest BCUT2D eigenvalue weighted by molar-refractivity contribution is -0.156. The Bertz CT molecular complexity index is 446. The van der Waals surface area contributed by atoms with E-state index in [1.807, 2.05) is 32.6 Å². The van der Waals surface area contributed by atoms with Crippen LogP contribution in [-0.4, -0.2) is 34.8 Å². The van der Waals surface area contributed by atoms with Crippen LogP contribution in [0.15, 0.2) is 0 Å². The number of piperazine rings is 1. The van der Waals surface area contributed by atoms with Crippen LogP contribution in [0.3, 0.4) is 0 Å². The van der Waals surface area contributed by atoms with Gasteiger partial charge in [-0.1, -0.05) is 34.1 Å². The second-order valence-corrected chi connectivity index (χ2v) is 7.91. The maximum absolute atomic E-state index is 13.0. The van der Waals surface area contributed by atoms with Gasteiger partial charge in [-0.3, -0.25) is 9.59 Å². The number of nitrogens with one attached hydrogen (secondary N) is 1. The molecule has 0 aromatic carbocycles. The molecule has 0 spiro atoms. The first-order valence-electron chi connectivity index (χ1n) is 8.52. The van der Waals surface area contributed by atoms with Crippen molar-refractivity contribution in [3.8, 4) is 0 Å². The number of amides is 2. The minimum atomic E-state index is -0.341. The summed E-state index contributed by atoms with van der Waals surface area (Å²) in [6, 6.07) is -0.320. The van der Waals surface area contributed by atoms with Gasteiger partial charge in [0, 0.05) is 6.04 Å². The van der Waals surface area contributed by atoms with E-state index in [1.54, 1.807) is 0 Å². The van der Waals surface area contributed by atoms with Crippen molar-refractivity contribution in [1.82, 2.24) is 10.2 Å². The zero-order valence-electron chi connectivity index (χ0n) is 13.6. The predicted molar refractivity (Wildman–Crippen MR) is 81.5 cm³/mol. The molecule has 3 rings (SSSR count). The molecule has 1 saturated heterocycles.